The zero-order valence-corrected chi connectivity index (χ0v) is 13.2. The molecular weight excluding hydrogens is 268 g/mol. The van der Waals surface area contributed by atoms with Crippen LogP contribution < -0.4 is 5.73 Å². The molecule has 3 nitrogen and oxygen atoms in total. The van der Waals surface area contributed by atoms with E-state index in [0.717, 1.165) is 15.6 Å². The number of benzene rings is 1. The number of amides is 1. The first kappa shape index (κ1) is 15.0. The Morgan fingerprint density at radius 1 is 1.35 bits per heavy atom. The number of rotatable bonds is 5. The maximum absolute atomic E-state index is 12.7. The Morgan fingerprint density at radius 3 is 2.70 bits per heavy atom. The van der Waals surface area contributed by atoms with E-state index in [-0.39, 0.29) is 11.3 Å². The van der Waals surface area contributed by atoms with Gasteiger partial charge < -0.3 is 10.6 Å². The van der Waals surface area contributed by atoms with Crippen molar-refractivity contribution >= 4 is 27.3 Å². The van der Waals surface area contributed by atoms with Crippen LogP contribution in [0, 0.1) is 5.41 Å². The highest BCUT2D eigenvalue weighted by Gasteiger charge is 2.24. The fourth-order valence-electron chi connectivity index (χ4n) is 2.22. The molecule has 0 bridgehead atoms. The van der Waals surface area contributed by atoms with E-state index in [1.54, 1.807) is 11.3 Å². The Bertz CT molecular complexity index is 603. The normalized spacial score (nSPS) is 11.8. The molecule has 0 aliphatic heterocycles. The average molecular weight is 290 g/mol. The minimum Gasteiger partial charge on any atom is -0.338 e. The molecule has 1 amide bonds. The number of hydrogen-bond acceptors (Lipinski definition) is 3. The Labute approximate surface area is 124 Å². The van der Waals surface area contributed by atoms with Crippen LogP contribution in [0.2, 0.25) is 0 Å². The zero-order chi connectivity index (χ0) is 14.8. The van der Waals surface area contributed by atoms with Gasteiger partial charge in [0.15, 0.2) is 0 Å². The van der Waals surface area contributed by atoms with Crippen LogP contribution in [0.3, 0.4) is 0 Å². The lowest BCUT2D eigenvalue weighted by molar-refractivity contribution is 0.0703. The summed E-state index contributed by atoms with van der Waals surface area (Å²) in [5.41, 5.74) is 6.53. The highest BCUT2D eigenvalue weighted by molar-refractivity contribution is 7.17. The summed E-state index contributed by atoms with van der Waals surface area (Å²) in [6.45, 7) is 8.15. The molecule has 0 atom stereocenters. The van der Waals surface area contributed by atoms with Crippen LogP contribution in [-0.4, -0.2) is 30.4 Å². The van der Waals surface area contributed by atoms with Gasteiger partial charge in [-0.15, -0.1) is 11.3 Å². The predicted molar refractivity (Wildman–Crippen MR) is 86.2 cm³/mol. The van der Waals surface area contributed by atoms with E-state index >= 15 is 0 Å². The van der Waals surface area contributed by atoms with Crippen molar-refractivity contribution in [2.75, 3.05) is 19.6 Å². The molecule has 4 heteroatoms. The van der Waals surface area contributed by atoms with Crippen molar-refractivity contribution in [2.45, 2.75) is 20.8 Å². The van der Waals surface area contributed by atoms with Crippen LogP contribution in [0.4, 0.5) is 0 Å². The van der Waals surface area contributed by atoms with Crippen LogP contribution in [0.1, 0.15) is 31.1 Å². The Hall–Kier alpha value is -1.39. The lowest BCUT2D eigenvalue weighted by Gasteiger charge is -2.31. The van der Waals surface area contributed by atoms with E-state index in [1.807, 2.05) is 35.4 Å². The topological polar surface area (TPSA) is 46.3 Å². The van der Waals surface area contributed by atoms with Crippen molar-refractivity contribution in [3.05, 3.63) is 35.2 Å². The summed E-state index contributed by atoms with van der Waals surface area (Å²) in [5, 5.41) is 3.01. The van der Waals surface area contributed by atoms with E-state index in [1.165, 1.54) is 0 Å². The van der Waals surface area contributed by atoms with E-state index < -0.39 is 0 Å². The van der Waals surface area contributed by atoms with Crippen molar-refractivity contribution in [1.29, 1.82) is 0 Å². The van der Waals surface area contributed by atoms with E-state index in [2.05, 4.69) is 19.9 Å². The number of carbonyl (C=O) groups excluding carboxylic acids is 1. The third kappa shape index (κ3) is 3.02. The maximum atomic E-state index is 12.7. The summed E-state index contributed by atoms with van der Waals surface area (Å²) in [5.74, 6) is 0.103. The van der Waals surface area contributed by atoms with Gasteiger partial charge in [0.25, 0.3) is 5.91 Å². The van der Waals surface area contributed by atoms with Crippen LogP contribution in [-0.2, 0) is 0 Å². The van der Waals surface area contributed by atoms with Crippen LogP contribution in [0.5, 0.6) is 0 Å². The highest BCUT2D eigenvalue weighted by Crippen LogP contribution is 2.27. The quantitative estimate of drug-likeness (QED) is 0.918. The maximum Gasteiger partial charge on any atom is 0.255 e. The minimum absolute atomic E-state index is 0.0580. The average Bonchev–Trinajstić information content (AvgIpc) is 2.88. The standard InChI is InChI=1S/C16H22N2OS/c1-4-18(11-16(2,3)10-17)15(19)13-9-20-14-8-6-5-7-12(13)14/h5-9H,4,10-11,17H2,1-3H3. The molecular formula is C16H22N2OS. The molecule has 0 aliphatic carbocycles. The SMILES string of the molecule is CCN(CC(C)(C)CN)C(=O)c1csc2ccccc12. The fourth-order valence-corrected chi connectivity index (χ4v) is 3.16. The first-order valence-electron chi connectivity index (χ1n) is 6.94. The van der Waals surface area contributed by atoms with Gasteiger partial charge in [-0.2, -0.15) is 0 Å². The van der Waals surface area contributed by atoms with Gasteiger partial charge in [0.1, 0.15) is 0 Å². The van der Waals surface area contributed by atoms with Crippen molar-refractivity contribution in [1.82, 2.24) is 4.90 Å². The largest absolute Gasteiger partial charge is 0.338 e. The van der Waals surface area contributed by atoms with Gasteiger partial charge in [0, 0.05) is 28.6 Å². The van der Waals surface area contributed by atoms with Gasteiger partial charge >= 0.3 is 0 Å². The number of hydrogen-bond donors (Lipinski definition) is 1. The van der Waals surface area contributed by atoms with Crippen LogP contribution in [0.15, 0.2) is 29.6 Å². The number of fused-ring (bicyclic) bond motifs is 1. The molecule has 108 valence electrons. The van der Waals surface area contributed by atoms with Crippen molar-refractivity contribution < 1.29 is 4.79 Å². The second-order valence-electron chi connectivity index (χ2n) is 5.83. The molecule has 0 fully saturated rings. The molecule has 0 aliphatic rings. The van der Waals surface area contributed by atoms with Crippen LogP contribution in [0.25, 0.3) is 10.1 Å². The molecule has 0 saturated heterocycles. The fraction of sp³-hybridized carbons (Fsp3) is 0.438. The molecule has 1 aromatic carbocycles. The summed E-state index contributed by atoms with van der Waals surface area (Å²) in [6.07, 6.45) is 0. The molecule has 1 heterocycles. The van der Waals surface area contributed by atoms with Crippen molar-refractivity contribution in [3.8, 4) is 0 Å². The second kappa shape index (κ2) is 5.94. The third-order valence-corrected chi connectivity index (χ3v) is 4.52. The van der Waals surface area contributed by atoms with Gasteiger partial charge in [-0.1, -0.05) is 32.0 Å². The molecule has 0 spiro atoms. The molecule has 0 unspecified atom stereocenters. The Balaban J connectivity index is 2.29. The van der Waals surface area contributed by atoms with Crippen LogP contribution >= 0.6 is 11.3 Å². The number of nitrogens with zero attached hydrogens (tertiary/aromatic N) is 1. The minimum atomic E-state index is -0.0580. The summed E-state index contributed by atoms with van der Waals surface area (Å²) >= 11 is 1.62. The third-order valence-electron chi connectivity index (χ3n) is 3.55. The summed E-state index contributed by atoms with van der Waals surface area (Å²) in [4.78, 5) is 14.6. The van der Waals surface area contributed by atoms with Gasteiger partial charge in [0.05, 0.1) is 5.56 Å². The molecule has 0 saturated carbocycles. The van der Waals surface area contributed by atoms with E-state index in [9.17, 15) is 4.79 Å². The Kier molecular flexibility index (Phi) is 4.45. The lowest BCUT2D eigenvalue weighted by atomic mass is 9.93. The smallest absolute Gasteiger partial charge is 0.255 e. The summed E-state index contributed by atoms with van der Waals surface area (Å²) < 4.78 is 1.16. The number of thiophene rings is 1. The molecule has 20 heavy (non-hydrogen) atoms. The second-order valence-corrected chi connectivity index (χ2v) is 6.74. The Morgan fingerprint density at radius 2 is 2.05 bits per heavy atom. The zero-order valence-electron chi connectivity index (χ0n) is 12.3. The predicted octanol–water partition coefficient (Wildman–Crippen LogP) is 3.35. The number of carbonyl (C=O) groups is 1. The van der Waals surface area contributed by atoms with Gasteiger partial charge in [0.2, 0.25) is 0 Å². The first-order valence-corrected chi connectivity index (χ1v) is 7.82. The molecule has 2 rings (SSSR count). The van der Waals surface area contributed by atoms with Gasteiger partial charge in [-0.25, -0.2) is 0 Å². The summed E-state index contributed by atoms with van der Waals surface area (Å²) in [6, 6.07) is 8.05. The monoisotopic (exact) mass is 290 g/mol. The van der Waals surface area contributed by atoms with E-state index in [0.29, 0.717) is 19.6 Å². The first-order chi connectivity index (χ1) is 9.48. The molecule has 2 aromatic rings. The summed E-state index contributed by atoms with van der Waals surface area (Å²) in [7, 11) is 0. The highest BCUT2D eigenvalue weighted by atomic mass is 32.1. The van der Waals surface area contributed by atoms with Gasteiger partial charge in [-0.05, 0) is 24.9 Å². The number of nitrogens with two attached hydrogens (primary N) is 1. The van der Waals surface area contributed by atoms with E-state index in [4.69, 9.17) is 5.73 Å². The van der Waals surface area contributed by atoms with Crippen molar-refractivity contribution in [3.63, 3.8) is 0 Å². The molecule has 2 N–H and O–H groups in total. The van der Waals surface area contributed by atoms with Crippen molar-refractivity contribution in [2.24, 2.45) is 11.1 Å². The lowest BCUT2D eigenvalue weighted by Crippen LogP contribution is -2.41. The molecule has 0 radical (unpaired) electrons. The molecule has 1 aromatic heterocycles. The van der Waals surface area contributed by atoms with Gasteiger partial charge in [-0.3, -0.25) is 4.79 Å².